The number of nitrogens with zero attached hydrogens (tertiary/aromatic N) is 1. The van der Waals surface area contributed by atoms with E-state index in [9.17, 15) is 14.4 Å². The molecule has 3 rings (SSSR count). The molecular formula is C21H28BrN3O3. The van der Waals surface area contributed by atoms with E-state index in [-0.39, 0.29) is 23.8 Å². The molecule has 1 aromatic carbocycles. The van der Waals surface area contributed by atoms with Crippen molar-refractivity contribution in [3.05, 3.63) is 28.7 Å². The second-order valence-corrected chi connectivity index (χ2v) is 9.49. The van der Waals surface area contributed by atoms with Gasteiger partial charge in [0, 0.05) is 10.2 Å². The first kappa shape index (κ1) is 20.8. The van der Waals surface area contributed by atoms with Crippen LogP contribution in [0.5, 0.6) is 0 Å². The number of benzene rings is 1. The summed E-state index contributed by atoms with van der Waals surface area (Å²) in [5, 5.41) is 5.62. The highest BCUT2D eigenvalue weighted by Gasteiger charge is 2.53. The Balaban J connectivity index is 1.63. The van der Waals surface area contributed by atoms with Crippen LogP contribution in [-0.2, 0) is 9.59 Å². The van der Waals surface area contributed by atoms with Gasteiger partial charge in [0.15, 0.2) is 0 Å². The Morgan fingerprint density at radius 1 is 1.32 bits per heavy atom. The molecule has 1 spiro atoms. The third kappa shape index (κ3) is 4.09. The number of nitrogens with one attached hydrogen (secondary N) is 2. The SMILES string of the molecule is CCC(C)(C)C1CCC2(CC1)NC(=O)N(CC(=O)Nc1cccc(Br)c1)C2=O. The number of hydrogen-bond acceptors (Lipinski definition) is 3. The molecule has 1 aromatic rings. The van der Waals surface area contributed by atoms with Crippen molar-refractivity contribution in [3.8, 4) is 0 Å². The molecular weight excluding hydrogens is 422 g/mol. The number of amides is 4. The summed E-state index contributed by atoms with van der Waals surface area (Å²) in [5.74, 6) is -0.115. The first-order valence-corrected chi connectivity index (χ1v) is 10.7. The van der Waals surface area contributed by atoms with Crippen LogP contribution in [0.25, 0.3) is 0 Å². The molecule has 0 aromatic heterocycles. The van der Waals surface area contributed by atoms with Crippen LogP contribution in [0.4, 0.5) is 10.5 Å². The molecule has 1 saturated heterocycles. The van der Waals surface area contributed by atoms with Gasteiger partial charge < -0.3 is 10.6 Å². The topological polar surface area (TPSA) is 78.5 Å². The maximum Gasteiger partial charge on any atom is 0.325 e. The summed E-state index contributed by atoms with van der Waals surface area (Å²) in [6, 6.07) is 6.71. The number of anilines is 1. The molecule has 1 saturated carbocycles. The number of urea groups is 1. The van der Waals surface area contributed by atoms with E-state index in [1.165, 1.54) is 0 Å². The number of carbonyl (C=O) groups excluding carboxylic acids is 3. The highest BCUT2D eigenvalue weighted by atomic mass is 79.9. The molecule has 2 fully saturated rings. The van der Waals surface area contributed by atoms with Crippen LogP contribution < -0.4 is 10.6 Å². The first-order valence-electron chi connectivity index (χ1n) is 9.86. The molecule has 0 unspecified atom stereocenters. The van der Waals surface area contributed by atoms with Crippen LogP contribution >= 0.6 is 15.9 Å². The first-order chi connectivity index (χ1) is 13.2. The van der Waals surface area contributed by atoms with Crippen LogP contribution in [0.1, 0.15) is 52.9 Å². The van der Waals surface area contributed by atoms with Gasteiger partial charge in [-0.15, -0.1) is 0 Å². The third-order valence-corrected chi connectivity index (χ3v) is 7.00. The Morgan fingerprint density at radius 3 is 2.61 bits per heavy atom. The van der Waals surface area contributed by atoms with E-state index in [0.717, 1.165) is 28.6 Å². The molecule has 1 aliphatic heterocycles. The van der Waals surface area contributed by atoms with Gasteiger partial charge in [0.1, 0.15) is 12.1 Å². The average Bonchev–Trinajstić information content (AvgIpc) is 2.86. The van der Waals surface area contributed by atoms with Crippen LogP contribution in [0.3, 0.4) is 0 Å². The molecule has 2 aliphatic rings. The lowest BCUT2D eigenvalue weighted by molar-refractivity contribution is -0.135. The monoisotopic (exact) mass is 449 g/mol. The van der Waals surface area contributed by atoms with Crippen molar-refractivity contribution in [1.29, 1.82) is 0 Å². The molecule has 0 radical (unpaired) electrons. The van der Waals surface area contributed by atoms with Crippen molar-refractivity contribution < 1.29 is 14.4 Å². The van der Waals surface area contributed by atoms with Crippen molar-refractivity contribution >= 4 is 39.5 Å². The molecule has 6 nitrogen and oxygen atoms in total. The minimum atomic E-state index is -0.840. The molecule has 1 aliphatic carbocycles. The van der Waals surface area contributed by atoms with Gasteiger partial charge in [0.05, 0.1) is 0 Å². The largest absolute Gasteiger partial charge is 0.325 e. The smallest absolute Gasteiger partial charge is 0.324 e. The predicted octanol–water partition coefficient (Wildman–Crippen LogP) is 4.30. The summed E-state index contributed by atoms with van der Waals surface area (Å²) in [5.41, 5.74) is 0.00742. The van der Waals surface area contributed by atoms with Gasteiger partial charge in [-0.3, -0.25) is 14.5 Å². The molecule has 0 atom stereocenters. The second kappa shape index (κ2) is 7.85. The van der Waals surface area contributed by atoms with Gasteiger partial charge in [-0.2, -0.15) is 0 Å². The molecule has 152 valence electrons. The molecule has 7 heteroatoms. The molecule has 1 heterocycles. The van der Waals surface area contributed by atoms with Gasteiger partial charge in [0.2, 0.25) is 5.91 Å². The maximum absolute atomic E-state index is 13.0. The highest BCUT2D eigenvalue weighted by molar-refractivity contribution is 9.10. The fraction of sp³-hybridized carbons (Fsp3) is 0.571. The molecule has 28 heavy (non-hydrogen) atoms. The van der Waals surface area contributed by atoms with Gasteiger partial charge in [-0.1, -0.05) is 49.2 Å². The predicted molar refractivity (Wildman–Crippen MR) is 112 cm³/mol. The summed E-state index contributed by atoms with van der Waals surface area (Å²) in [7, 11) is 0. The highest BCUT2D eigenvalue weighted by Crippen LogP contribution is 2.45. The normalized spacial score (nSPS) is 25.1. The number of rotatable bonds is 5. The van der Waals surface area contributed by atoms with Crippen molar-refractivity contribution in [2.75, 3.05) is 11.9 Å². The summed E-state index contributed by atoms with van der Waals surface area (Å²) in [6.45, 7) is 6.45. The van der Waals surface area contributed by atoms with Crippen molar-refractivity contribution in [2.24, 2.45) is 11.3 Å². The number of imide groups is 1. The minimum Gasteiger partial charge on any atom is -0.324 e. The maximum atomic E-state index is 13.0. The summed E-state index contributed by atoms with van der Waals surface area (Å²) in [4.78, 5) is 38.9. The number of halogens is 1. The lowest BCUT2D eigenvalue weighted by Crippen LogP contribution is -2.51. The third-order valence-electron chi connectivity index (χ3n) is 6.51. The standard InChI is InChI=1S/C21H28BrN3O3/c1-4-20(2,3)14-8-10-21(11-9-14)18(27)25(19(28)24-21)13-17(26)23-16-7-5-6-15(22)12-16/h5-7,12,14H,4,8-11,13H2,1-3H3,(H,23,26)(H,24,28). The average molecular weight is 450 g/mol. The van der Waals surface area contributed by atoms with Crippen molar-refractivity contribution in [1.82, 2.24) is 10.2 Å². The lowest BCUT2D eigenvalue weighted by Gasteiger charge is -2.42. The fourth-order valence-electron chi connectivity index (χ4n) is 4.25. The van der Waals surface area contributed by atoms with Crippen LogP contribution in [0, 0.1) is 11.3 Å². The van der Waals surface area contributed by atoms with Crippen LogP contribution in [-0.4, -0.2) is 34.8 Å². The van der Waals surface area contributed by atoms with E-state index in [1.807, 2.05) is 6.07 Å². The van der Waals surface area contributed by atoms with Gasteiger partial charge in [-0.25, -0.2) is 4.79 Å². The zero-order valence-electron chi connectivity index (χ0n) is 16.7. The van der Waals surface area contributed by atoms with Crippen LogP contribution in [0.2, 0.25) is 0 Å². The summed E-state index contributed by atoms with van der Waals surface area (Å²) < 4.78 is 0.839. The minimum absolute atomic E-state index is 0.233. The van der Waals surface area contributed by atoms with E-state index in [4.69, 9.17) is 0 Å². The lowest BCUT2D eigenvalue weighted by atomic mass is 9.65. The van der Waals surface area contributed by atoms with E-state index in [1.54, 1.807) is 18.2 Å². The second-order valence-electron chi connectivity index (χ2n) is 8.58. The molecule has 0 bridgehead atoms. The van der Waals surface area contributed by atoms with Crippen LogP contribution in [0.15, 0.2) is 28.7 Å². The Labute approximate surface area is 174 Å². The number of hydrogen-bond donors (Lipinski definition) is 2. The van der Waals surface area contributed by atoms with E-state index in [2.05, 4.69) is 47.3 Å². The van der Waals surface area contributed by atoms with Gasteiger partial charge in [-0.05, 0) is 55.2 Å². The Kier molecular flexibility index (Phi) is 5.84. The summed E-state index contributed by atoms with van der Waals surface area (Å²) >= 11 is 3.35. The molecule has 2 N–H and O–H groups in total. The van der Waals surface area contributed by atoms with E-state index in [0.29, 0.717) is 24.4 Å². The number of carbonyl (C=O) groups is 3. The Bertz CT molecular complexity index is 785. The summed E-state index contributed by atoms with van der Waals surface area (Å²) in [6.07, 6.45) is 4.17. The zero-order valence-corrected chi connectivity index (χ0v) is 18.3. The fourth-order valence-corrected chi connectivity index (χ4v) is 4.65. The zero-order chi connectivity index (χ0) is 20.5. The van der Waals surface area contributed by atoms with E-state index >= 15 is 0 Å². The van der Waals surface area contributed by atoms with Crippen molar-refractivity contribution in [3.63, 3.8) is 0 Å². The van der Waals surface area contributed by atoms with Gasteiger partial charge >= 0.3 is 6.03 Å². The van der Waals surface area contributed by atoms with Gasteiger partial charge in [0.25, 0.3) is 5.91 Å². The quantitative estimate of drug-likeness (QED) is 0.657. The Morgan fingerprint density at radius 2 is 2.00 bits per heavy atom. The van der Waals surface area contributed by atoms with E-state index < -0.39 is 11.6 Å². The van der Waals surface area contributed by atoms with Crippen molar-refractivity contribution in [2.45, 2.75) is 58.4 Å². The molecule has 4 amide bonds. The Hall–Kier alpha value is -1.89.